The molecule has 4 atom stereocenters. The third kappa shape index (κ3) is 9.26. The Morgan fingerprint density at radius 1 is 0.901 bits per heavy atom. The van der Waals surface area contributed by atoms with Gasteiger partial charge in [0, 0.05) is 92.7 Å². The van der Waals surface area contributed by atoms with E-state index in [1.807, 2.05) is 31.3 Å². The Balaban J connectivity index is 0.652. The second-order valence-corrected chi connectivity index (χ2v) is 23.8. The van der Waals surface area contributed by atoms with Gasteiger partial charge in [-0.3, -0.25) is 24.5 Å². The van der Waals surface area contributed by atoms with Gasteiger partial charge in [0.15, 0.2) is 5.82 Å². The number of anilines is 2. The van der Waals surface area contributed by atoms with Gasteiger partial charge in [0.1, 0.15) is 36.1 Å². The number of carbonyl (C=O) groups is 3. The number of halogens is 4. The van der Waals surface area contributed by atoms with Gasteiger partial charge in [-0.15, -0.1) is 6.42 Å². The molecule has 424 valence electrons. The van der Waals surface area contributed by atoms with Crippen molar-refractivity contribution >= 4 is 62.0 Å². The molecule has 10 heterocycles. The highest BCUT2D eigenvalue weighted by atomic mass is 19.3. The molecule has 6 saturated heterocycles. The fourth-order valence-electron chi connectivity index (χ4n) is 14.7. The summed E-state index contributed by atoms with van der Waals surface area (Å²) in [6.07, 6.45) is 12.2. The molecule has 3 amide bonds. The summed E-state index contributed by atoms with van der Waals surface area (Å²) in [4.78, 5) is 61.2. The van der Waals surface area contributed by atoms with Crippen molar-refractivity contribution in [3.8, 4) is 29.6 Å². The van der Waals surface area contributed by atoms with Gasteiger partial charge in [0.2, 0.25) is 11.8 Å². The van der Waals surface area contributed by atoms with Crippen LogP contribution in [-0.2, 0) is 32.5 Å². The minimum Gasteiger partial charge on any atom is -0.461 e. The minimum atomic E-state index is -2.89. The molecule has 3 aromatic carbocycles. The Kier molecular flexibility index (Phi) is 13.6. The van der Waals surface area contributed by atoms with Gasteiger partial charge >= 0.3 is 12.1 Å². The van der Waals surface area contributed by atoms with Gasteiger partial charge in [0.25, 0.3) is 5.92 Å². The van der Waals surface area contributed by atoms with Crippen molar-refractivity contribution in [3.05, 3.63) is 77.1 Å². The van der Waals surface area contributed by atoms with E-state index >= 15 is 17.6 Å². The van der Waals surface area contributed by atoms with Crippen LogP contribution in [0, 0.1) is 35.8 Å². The Morgan fingerprint density at radius 3 is 2.49 bits per heavy atom. The van der Waals surface area contributed by atoms with Crippen LogP contribution in [0.25, 0.3) is 43.8 Å². The van der Waals surface area contributed by atoms with Crippen molar-refractivity contribution in [2.24, 2.45) is 18.9 Å². The van der Waals surface area contributed by atoms with Crippen molar-refractivity contribution in [2.45, 2.75) is 119 Å². The highest BCUT2D eigenvalue weighted by Crippen LogP contribution is 2.47. The number of ether oxygens (including phenoxy) is 3. The van der Waals surface area contributed by atoms with E-state index in [4.69, 9.17) is 35.6 Å². The third-order valence-electron chi connectivity index (χ3n) is 19.1. The van der Waals surface area contributed by atoms with Gasteiger partial charge in [-0.1, -0.05) is 30.2 Å². The normalized spacial score (nSPS) is 25.0. The number of hydrogen-bond donors (Lipinski definition) is 1. The molecule has 0 bridgehead atoms. The van der Waals surface area contributed by atoms with Crippen molar-refractivity contribution < 1.29 is 46.2 Å². The van der Waals surface area contributed by atoms with E-state index in [2.05, 4.69) is 38.0 Å². The molecule has 13 rings (SSSR count). The Labute approximate surface area is 466 Å². The fourth-order valence-corrected chi connectivity index (χ4v) is 14.7. The van der Waals surface area contributed by atoms with E-state index in [0.29, 0.717) is 104 Å². The molecular formula is C61H66F4N10O6. The summed E-state index contributed by atoms with van der Waals surface area (Å²) >= 11 is 0. The van der Waals surface area contributed by atoms with Crippen molar-refractivity contribution in [2.75, 3.05) is 75.5 Å². The largest absolute Gasteiger partial charge is 0.461 e. The first-order valence-electron chi connectivity index (χ1n) is 28.8. The number of amides is 3. The molecule has 2 unspecified atom stereocenters. The molecule has 6 fully saturated rings. The molecule has 20 heteroatoms. The van der Waals surface area contributed by atoms with E-state index in [1.54, 1.807) is 27.8 Å². The van der Waals surface area contributed by atoms with Gasteiger partial charge in [0.05, 0.1) is 51.5 Å². The molecule has 3 aromatic heterocycles. The van der Waals surface area contributed by atoms with Crippen LogP contribution in [0.3, 0.4) is 0 Å². The van der Waals surface area contributed by atoms with E-state index in [-0.39, 0.29) is 86.2 Å². The highest BCUT2D eigenvalue weighted by Gasteiger charge is 2.52. The lowest BCUT2D eigenvalue weighted by molar-refractivity contribution is -0.134. The summed E-state index contributed by atoms with van der Waals surface area (Å²) in [6, 6.07) is 14.1. The van der Waals surface area contributed by atoms with E-state index < -0.39 is 52.5 Å². The number of alkyl halides is 2. The topological polar surface area (TPSA) is 160 Å². The number of piperidine rings is 3. The van der Waals surface area contributed by atoms with Crippen LogP contribution in [0.5, 0.6) is 6.01 Å². The van der Waals surface area contributed by atoms with Crippen LogP contribution in [0.4, 0.5) is 33.9 Å². The molecule has 7 aliphatic heterocycles. The molecule has 6 aromatic rings. The maximum Gasteiger partial charge on any atom is 0.409 e. The number of pyridine rings is 1. The maximum atomic E-state index is 17.5. The number of terminal acetylenes is 1. The van der Waals surface area contributed by atoms with Gasteiger partial charge < -0.3 is 28.9 Å². The molecular weight excluding hydrogens is 1040 g/mol. The summed E-state index contributed by atoms with van der Waals surface area (Å²) < 4.78 is 86.0. The molecule has 0 radical (unpaired) electrons. The summed E-state index contributed by atoms with van der Waals surface area (Å²) in [5.74, 6) is -3.90. The monoisotopic (exact) mass is 1110 g/mol. The zero-order valence-electron chi connectivity index (χ0n) is 45.8. The minimum absolute atomic E-state index is 0.0201. The Bertz CT molecular complexity index is 3560. The summed E-state index contributed by atoms with van der Waals surface area (Å²) in [6.45, 7) is 6.25. The van der Waals surface area contributed by atoms with E-state index in [1.165, 1.54) is 6.07 Å². The number of nitrogens with zero attached hydrogens (tertiary/aromatic N) is 9. The number of rotatable bonds is 10. The molecule has 0 saturated carbocycles. The first kappa shape index (κ1) is 53.2. The van der Waals surface area contributed by atoms with Crippen molar-refractivity contribution in [1.82, 2.24) is 39.8 Å². The fraction of sp³-hybridized carbons (Fsp3) is 0.525. The molecule has 81 heavy (non-hydrogen) atoms. The molecule has 7 aliphatic rings. The predicted octanol–water partition coefficient (Wildman–Crippen LogP) is 9.22. The molecule has 0 spiro atoms. The quantitative estimate of drug-likeness (QED) is 0.0787. The number of aryl methyl sites for hydroxylation is 2. The standard InChI is InChI=1S/C61H66F4N10O6/c1-4-41-45(62)14-10-36-8-5-9-43(49(36)41)53-51(63)54-50-46(66-53)17-23-59(2)34-79-31-7-26-75(59)55(50)69-57(68-54)81-35-60-22-6-25-74(60)40(16-24-60)33-80-58(78)73-29-20-38(21-30-73)61(64,65)37-18-27-72(28-19-37)39-11-12-42-47(32-39)71(3)70-52(42)44-13-15-48(76)67-56(44)77/h1,5,8-12,14,32,37-38,40,44H,6-7,13,15-31,33-35H2,2-3H3,(H,67,76,77)/t40-,44?,59?,60-/m0/s1. The van der Waals surface area contributed by atoms with Gasteiger partial charge in [-0.25, -0.2) is 27.3 Å². The molecule has 0 aliphatic carbocycles. The number of aromatic nitrogens is 5. The smallest absolute Gasteiger partial charge is 0.409 e. The number of hydrogen-bond acceptors (Lipinski definition) is 13. The van der Waals surface area contributed by atoms with Crippen LogP contribution in [0.1, 0.15) is 107 Å². The van der Waals surface area contributed by atoms with Crippen LogP contribution in [0.2, 0.25) is 0 Å². The number of carbonyl (C=O) groups excluding carboxylic acids is 3. The van der Waals surface area contributed by atoms with Crippen LogP contribution in [0.15, 0.2) is 48.5 Å². The zero-order valence-corrected chi connectivity index (χ0v) is 45.8. The van der Waals surface area contributed by atoms with Gasteiger partial charge in [-0.2, -0.15) is 15.1 Å². The second kappa shape index (κ2) is 20.7. The average Bonchev–Trinajstić information content (AvgIpc) is 4.32. The first-order valence-corrected chi connectivity index (χ1v) is 28.8. The number of imide groups is 1. The lowest BCUT2D eigenvalue weighted by atomic mass is 9.79. The highest BCUT2D eigenvalue weighted by molar-refractivity contribution is 6.04. The second-order valence-electron chi connectivity index (χ2n) is 23.8. The number of likely N-dealkylation sites (tertiary alicyclic amines) is 1. The maximum absolute atomic E-state index is 17.5. The summed E-state index contributed by atoms with van der Waals surface area (Å²) in [7, 11) is 1.82. The lowest BCUT2D eigenvalue weighted by Crippen LogP contribution is -2.50. The van der Waals surface area contributed by atoms with E-state index in [9.17, 15) is 14.4 Å². The van der Waals surface area contributed by atoms with Crippen LogP contribution in [-0.4, -0.2) is 141 Å². The zero-order chi connectivity index (χ0) is 56.0. The van der Waals surface area contributed by atoms with Crippen LogP contribution < -0.4 is 19.9 Å². The van der Waals surface area contributed by atoms with Crippen LogP contribution >= 0.6 is 0 Å². The average molecular weight is 1110 g/mol. The number of nitrogens with one attached hydrogen (secondary N) is 1. The number of benzene rings is 3. The summed E-state index contributed by atoms with van der Waals surface area (Å²) in [5.41, 5.74) is 2.58. The van der Waals surface area contributed by atoms with Crippen molar-refractivity contribution in [1.29, 1.82) is 0 Å². The third-order valence-corrected chi connectivity index (χ3v) is 19.1. The lowest BCUT2D eigenvalue weighted by Gasteiger charge is -2.42. The van der Waals surface area contributed by atoms with Crippen molar-refractivity contribution in [3.63, 3.8) is 0 Å². The first-order chi connectivity index (χ1) is 39.1. The summed E-state index contributed by atoms with van der Waals surface area (Å²) in [5, 5.41) is 9.47. The Hall–Kier alpha value is -7.11. The molecule has 16 nitrogen and oxygen atoms in total. The molecule has 1 N–H and O–H groups in total. The SMILES string of the molecule is C#Cc1c(F)ccc2cccc(-c3nc4c5c(nc(OC[C@@]67CCCN6[C@H](COC(=O)N6CCC(C(F)(F)C8CCN(c9ccc%10c(C%11CCC(=O)NC%11=O)nn(C)c%10c9)CC8)CC6)CC7)nc5c3F)N3CCCOCC3(C)CC4)c12. The number of fused-ring (bicyclic) bond motifs is 5. The van der Waals surface area contributed by atoms with E-state index in [0.717, 1.165) is 55.2 Å². The Morgan fingerprint density at radius 2 is 1.70 bits per heavy atom. The van der Waals surface area contributed by atoms with Gasteiger partial charge in [-0.05, 0) is 120 Å². The predicted molar refractivity (Wildman–Crippen MR) is 296 cm³/mol.